The minimum absolute atomic E-state index is 0.0489. The van der Waals surface area contributed by atoms with Crippen LogP contribution in [0.15, 0.2) is 54.6 Å². The molecule has 0 saturated carbocycles. The number of nitrogens with one attached hydrogen (secondary N) is 1. The summed E-state index contributed by atoms with van der Waals surface area (Å²) in [5.74, 6) is -0.141. The van der Waals surface area contributed by atoms with Gasteiger partial charge in [0, 0.05) is 37.1 Å². The van der Waals surface area contributed by atoms with Gasteiger partial charge in [0.15, 0.2) is 6.61 Å². The van der Waals surface area contributed by atoms with Crippen LogP contribution in [0.3, 0.4) is 0 Å². The highest BCUT2D eigenvalue weighted by Gasteiger charge is 2.29. The molecule has 1 aliphatic heterocycles. The van der Waals surface area contributed by atoms with Crippen molar-refractivity contribution < 1.29 is 18.7 Å². The van der Waals surface area contributed by atoms with Gasteiger partial charge in [0.05, 0.1) is 11.1 Å². The SMILES string of the molecule is CNC(=O)c1cc([C@@H]2CCN(C(=O)COc3ccc(F)cc3)C2)nc2ccccc12. The molecule has 0 aliphatic carbocycles. The standard InChI is InChI=1S/C23H22FN3O3/c1-25-23(29)19-12-21(26-20-5-3-2-4-18(19)20)15-10-11-27(13-15)22(28)14-30-17-8-6-16(24)7-9-17/h2-9,12,15H,10-11,13-14H2,1H3,(H,25,29)/t15-/m1/s1. The molecule has 1 aromatic heterocycles. The number of likely N-dealkylation sites (tertiary alicyclic amines) is 1. The first-order valence-electron chi connectivity index (χ1n) is 9.83. The lowest BCUT2D eigenvalue weighted by Gasteiger charge is -2.17. The summed E-state index contributed by atoms with van der Waals surface area (Å²) in [4.78, 5) is 31.4. The second-order valence-corrected chi connectivity index (χ2v) is 7.26. The Morgan fingerprint density at radius 2 is 1.97 bits per heavy atom. The lowest BCUT2D eigenvalue weighted by atomic mass is 9.99. The molecule has 1 aliphatic rings. The molecule has 6 nitrogen and oxygen atoms in total. The van der Waals surface area contributed by atoms with Gasteiger partial charge in [-0.05, 0) is 42.8 Å². The number of ether oxygens (including phenoxy) is 1. The van der Waals surface area contributed by atoms with Gasteiger partial charge in [0.2, 0.25) is 0 Å². The van der Waals surface area contributed by atoms with E-state index >= 15 is 0 Å². The van der Waals surface area contributed by atoms with Gasteiger partial charge in [-0.3, -0.25) is 14.6 Å². The molecule has 0 bridgehead atoms. The van der Waals surface area contributed by atoms with E-state index in [-0.39, 0.29) is 30.2 Å². The monoisotopic (exact) mass is 407 g/mol. The van der Waals surface area contributed by atoms with E-state index in [9.17, 15) is 14.0 Å². The van der Waals surface area contributed by atoms with Gasteiger partial charge < -0.3 is 15.0 Å². The quantitative estimate of drug-likeness (QED) is 0.705. The number of aromatic nitrogens is 1. The average Bonchev–Trinajstić information content (AvgIpc) is 3.27. The number of pyridine rings is 1. The van der Waals surface area contributed by atoms with Gasteiger partial charge in [0.1, 0.15) is 11.6 Å². The fourth-order valence-electron chi connectivity index (χ4n) is 3.72. The predicted octanol–water partition coefficient (Wildman–Crippen LogP) is 3.13. The number of carbonyl (C=O) groups is 2. The molecule has 0 spiro atoms. The van der Waals surface area contributed by atoms with Crippen molar-refractivity contribution >= 4 is 22.7 Å². The lowest BCUT2D eigenvalue weighted by molar-refractivity contribution is -0.132. The Morgan fingerprint density at radius 1 is 1.20 bits per heavy atom. The highest BCUT2D eigenvalue weighted by molar-refractivity contribution is 6.06. The molecule has 4 rings (SSSR count). The van der Waals surface area contributed by atoms with Crippen molar-refractivity contribution in [3.63, 3.8) is 0 Å². The van der Waals surface area contributed by atoms with Crippen LogP contribution >= 0.6 is 0 Å². The van der Waals surface area contributed by atoms with Gasteiger partial charge in [0.25, 0.3) is 11.8 Å². The molecular weight excluding hydrogens is 385 g/mol. The first-order chi connectivity index (χ1) is 14.5. The summed E-state index contributed by atoms with van der Waals surface area (Å²) in [6.07, 6.45) is 0.765. The van der Waals surface area contributed by atoms with Crippen molar-refractivity contribution in [1.29, 1.82) is 0 Å². The molecule has 3 aromatic rings. The molecule has 2 heterocycles. The topological polar surface area (TPSA) is 71.5 Å². The molecule has 7 heteroatoms. The van der Waals surface area contributed by atoms with Gasteiger partial charge in [-0.2, -0.15) is 0 Å². The van der Waals surface area contributed by atoms with Crippen molar-refractivity contribution in [1.82, 2.24) is 15.2 Å². The van der Waals surface area contributed by atoms with Crippen LogP contribution in [-0.4, -0.2) is 48.4 Å². The van der Waals surface area contributed by atoms with E-state index in [1.54, 1.807) is 11.9 Å². The van der Waals surface area contributed by atoms with Crippen molar-refractivity contribution in [2.24, 2.45) is 0 Å². The van der Waals surface area contributed by atoms with Gasteiger partial charge in [-0.25, -0.2) is 4.39 Å². The Labute approximate surface area is 173 Å². The van der Waals surface area contributed by atoms with Crippen LogP contribution < -0.4 is 10.1 Å². The maximum atomic E-state index is 13.0. The highest BCUT2D eigenvalue weighted by atomic mass is 19.1. The molecule has 1 saturated heterocycles. The lowest BCUT2D eigenvalue weighted by Crippen LogP contribution is -2.33. The first kappa shape index (κ1) is 19.8. The summed E-state index contributed by atoms with van der Waals surface area (Å²) < 4.78 is 18.4. The molecule has 30 heavy (non-hydrogen) atoms. The third-order valence-corrected chi connectivity index (χ3v) is 5.34. The average molecular weight is 407 g/mol. The number of amides is 2. The van der Waals surface area contributed by atoms with E-state index < -0.39 is 0 Å². The number of nitrogens with zero attached hydrogens (tertiary/aromatic N) is 2. The number of para-hydroxylation sites is 1. The van der Waals surface area contributed by atoms with Crippen LogP contribution in [0.25, 0.3) is 10.9 Å². The molecule has 0 unspecified atom stereocenters. The Bertz CT molecular complexity index is 1080. The number of halogens is 1. The zero-order valence-corrected chi connectivity index (χ0v) is 16.6. The second kappa shape index (κ2) is 8.49. The number of carbonyl (C=O) groups excluding carboxylic acids is 2. The third-order valence-electron chi connectivity index (χ3n) is 5.34. The van der Waals surface area contributed by atoms with E-state index in [0.717, 1.165) is 23.0 Å². The largest absolute Gasteiger partial charge is 0.484 e. The van der Waals surface area contributed by atoms with E-state index in [2.05, 4.69) is 5.32 Å². The van der Waals surface area contributed by atoms with Crippen LogP contribution in [0.2, 0.25) is 0 Å². The van der Waals surface area contributed by atoms with Gasteiger partial charge >= 0.3 is 0 Å². The van der Waals surface area contributed by atoms with Crippen molar-refractivity contribution in [2.45, 2.75) is 12.3 Å². The Kier molecular flexibility index (Phi) is 5.61. The number of fused-ring (bicyclic) bond motifs is 1. The molecular formula is C23H22FN3O3. The fourth-order valence-corrected chi connectivity index (χ4v) is 3.72. The summed E-state index contributed by atoms with van der Waals surface area (Å²) in [6, 6.07) is 14.9. The maximum Gasteiger partial charge on any atom is 0.260 e. The normalized spacial score (nSPS) is 15.9. The molecule has 154 valence electrons. The zero-order valence-electron chi connectivity index (χ0n) is 16.6. The number of rotatable bonds is 5. The Hall–Kier alpha value is -3.48. The van der Waals surface area contributed by atoms with Crippen molar-refractivity contribution in [2.75, 3.05) is 26.7 Å². The minimum Gasteiger partial charge on any atom is -0.484 e. The van der Waals surface area contributed by atoms with Crippen molar-refractivity contribution in [3.05, 3.63) is 71.7 Å². The molecule has 1 fully saturated rings. The summed E-state index contributed by atoms with van der Waals surface area (Å²) >= 11 is 0. The molecule has 2 amide bonds. The van der Waals surface area contributed by atoms with E-state index in [4.69, 9.17) is 9.72 Å². The van der Waals surface area contributed by atoms with Crippen LogP contribution in [-0.2, 0) is 4.79 Å². The summed E-state index contributed by atoms with van der Waals surface area (Å²) in [5.41, 5.74) is 2.16. The summed E-state index contributed by atoms with van der Waals surface area (Å²) in [5, 5.41) is 3.49. The Balaban J connectivity index is 1.47. The maximum absolute atomic E-state index is 13.0. The smallest absolute Gasteiger partial charge is 0.260 e. The van der Waals surface area contributed by atoms with Crippen molar-refractivity contribution in [3.8, 4) is 5.75 Å². The van der Waals surface area contributed by atoms with Crippen LogP contribution in [0.5, 0.6) is 5.75 Å². The van der Waals surface area contributed by atoms with Crippen LogP contribution in [0.1, 0.15) is 28.4 Å². The molecule has 0 radical (unpaired) electrons. The first-order valence-corrected chi connectivity index (χ1v) is 9.83. The number of hydrogen-bond donors (Lipinski definition) is 1. The van der Waals surface area contributed by atoms with Crippen LogP contribution in [0, 0.1) is 5.82 Å². The molecule has 2 aromatic carbocycles. The van der Waals surface area contributed by atoms with E-state index in [0.29, 0.717) is 24.4 Å². The summed E-state index contributed by atoms with van der Waals surface area (Å²) in [7, 11) is 1.61. The number of benzene rings is 2. The highest BCUT2D eigenvalue weighted by Crippen LogP contribution is 2.29. The minimum atomic E-state index is -0.352. The third kappa shape index (κ3) is 4.10. The van der Waals surface area contributed by atoms with E-state index in [1.165, 1.54) is 24.3 Å². The second-order valence-electron chi connectivity index (χ2n) is 7.26. The van der Waals surface area contributed by atoms with Gasteiger partial charge in [-0.1, -0.05) is 18.2 Å². The van der Waals surface area contributed by atoms with E-state index in [1.807, 2.05) is 30.3 Å². The molecule has 1 N–H and O–H groups in total. The van der Waals surface area contributed by atoms with Crippen LogP contribution in [0.4, 0.5) is 4.39 Å². The fraction of sp³-hybridized carbons (Fsp3) is 0.261. The number of hydrogen-bond acceptors (Lipinski definition) is 4. The predicted molar refractivity (Wildman–Crippen MR) is 111 cm³/mol. The zero-order chi connectivity index (χ0) is 21.1. The van der Waals surface area contributed by atoms with Gasteiger partial charge in [-0.15, -0.1) is 0 Å². The summed E-state index contributed by atoms with van der Waals surface area (Å²) in [6.45, 7) is 1.01. The molecule has 1 atom stereocenters. The Morgan fingerprint density at radius 3 is 2.73 bits per heavy atom.